The summed E-state index contributed by atoms with van der Waals surface area (Å²) in [5, 5.41) is 11.6. The van der Waals surface area contributed by atoms with E-state index < -0.39 is 11.2 Å². The SMILES string of the molecule is OC1(Cc2ccccn2)CCC2(C=C(C#Cc3cccc(Cl)c3)NO2)CC1. The summed E-state index contributed by atoms with van der Waals surface area (Å²) in [5.74, 6) is 6.20. The minimum Gasteiger partial charge on any atom is -0.389 e. The maximum absolute atomic E-state index is 10.9. The largest absolute Gasteiger partial charge is 0.389 e. The van der Waals surface area contributed by atoms with Crippen LogP contribution in [0.15, 0.2) is 60.4 Å². The van der Waals surface area contributed by atoms with Crippen LogP contribution < -0.4 is 5.48 Å². The molecule has 0 amide bonds. The molecular weight excluding hydrogens is 360 g/mol. The Kier molecular flexibility index (Phi) is 4.92. The molecule has 1 spiro atoms. The number of allylic oxidation sites excluding steroid dienone is 1. The van der Waals surface area contributed by atoms with E-state index in [0.29, 0.717) is 24.3 Å². The van der Waals surface area contributed by atoms with Crippen LogP contribution in [0.5, 0.6) is 0 Å². The molecule has 2 aromatic rings. The molecule has 0 radical (unpaired) electrons. The van der Waals surface area contributed by atoms with E-state index >= 15 is 0 Å². The van der Waals surface area contributed by atoms with Crippen LogP contribution in [-0.4, -0.2) is 21.3 Å². The Bertz CT molecular complexity index is 907. The fourth-order valence-corrected chi connectivity index (χ4v) is 3.84. The first-order chi connectivity index (χ1) is 13.0. The van der Waals surface area contributed by atoms with E-state index in [0.717, 1.165) is 29.8 Å². The van der Waals surface area contributed by atoms with E-state index in [-0.39, 0.29) is 0 Å². The second kappa shape index (κ2) is 7.36. The third kappa shape index (κ3) is 4.33. The molecule has 0 atom stereocenters. The van der Waals surface area contributed by atoms with Crippen LogP contribution in [0.2, 0.25) is 5.02 Å². The number of rotatable bonds is 2. The van der Waals surface area contributed by atoms with Crippen LogP contribution in [0.1, 0.15) is 36.9 Å². The Morgan fingerprint density at radius 2 is 1.96 bits per heavy atom. The number of benzene rings is 1. The number of pyridine rings is 1. The first-order valence-corrected chi connectivity index (χ1v) is 9.49. The molecule has 4 rings (SSSR count). The fraction of sp³-hybridized carbons (Fsp3) is 0.318. The summed E-state index contributed by atoms with van der Waals surface area (Å²) < 4.78 is 0. The van der Waals surface area contributed by atoms with Crippen LogP contribution >= 0.6 is 11.6 Å². The predicted octanol–water partition coefficient (Wildman–Crippen LogP) is 3.79. The van der Waals surface area contributed by atoms with Crippen molar-refractivity contribution in [3.8, 4) is 11.8 Å². The Morgan fingerprint density at radius 1 is 1.11 bits per heavy atom. The molecule has 0 saturated heterocycles. The molecular formula is C22H21ClN2O2. The molecule has 0 bridgehead atoms. The molecule has 0 unspecified atom stereocenters. The lowest BCUT2D eigenvalue weighted by molar-refractivity contribution is -0.106. The number of halogens is 1. The monoisotopic (exact) mass is 380 g/mol. The average molecular weight is 381 g/mol. The summed E-state index contributed by atoms with van der Waals surface area (Å²) in [6, 6.07) is 13.3. The molecule has 1 aliphatic heterocycles. The third-order valence-electron chi connectivity index (χ3n) is 5.20. The fourth-order valence-electron chi connectivity index (χ4n) is 3.65. The highest BCUT2D eigenvalue weighted by molar-refractivity contribution is 6.30. The molecule has 2 heterocycles. The molecule has 138 valence electrons. The number of aromatic nitrogens is 1. The minimum atomic E-state index is -0.730. The van der Waals surface area contributed by atoms with Gasteiger partial charge in [0.25, 0.3) is 0 Å². The first kappa shape index (κ1) is 18.1. The van der Waals surface area contributed by atoms with Crippen molar-refractivity contribution in [3.63, 3.8) is 0 Å². The van der Waals surface area contributed by atoms with Crippen molar-refractivity contribution >= 4 is 11.6 Å². The third-order valence-corrected chi connectivity index (χ3v) is 5.44. The molecule has 1 aliphatic carbocycles. The number of hydrogen-bond acceptors (Lipinski definition) is 4. The molecule has 1 fully saturated rings. The van der Waals surface area contributed by atoms with E-state index in [1.54, 1.807) is 6.20 Å². The highest BCUT2D eigenvalue weighted by Crippen LogP contribution is 2.41. The van der Waals surface area contributed by atoms with E-state index in [9.17, 15) is 5.11 Å². The minimum absolute atomic E-state index is 0.394. The van der Waals surface area contributed by atoms with Crippen LogP contribution in [0.25, 0.3) is 0 Å². The maximum atomic E-state index is 10.9. The molecule has 1 aromatic carbocycles. The second-order valence-electron chi connectivity index (χ2n) is 7.31. The van der Waals surface area contributed by atoms with Gasteiger partial charge in [-0.05, 0) is 68.0 Å². The van der Waals surface area contributed by atoms with Crippen molar-refractivity contribution in [3.05, 3.63) is 76.7 Å². The van der Waals surface area contributed by atoms with Crippen molar-refractivity contribution in [1.29, 1.82) is 0 Å². The van der Waals surface area contributed by atoms with Gasteiger partial charge < -0.3 is 5.11 Å². The standard InChI is InChI=1S/C22H21ClN2O2/c23-18-5-3-4-17(14-18)7-8-20-16-22(27-25-20)11-9-21(26,10-12-22)15-19-6-1-2-13-24-19/h1-6,13-14,16,25-26H,9-12,15H2. The zero-order chi connectivity index (χ0) is 18.7. The van der Waals surface area contributed by atoms with Gasteiger partial charge in [0.15, 0.2) is 0 Å². The van der Waals surface area contributed by atoms with Gasteiger partial charge in [0.2, 0.25) is 0 Å². The van der Waals surface area contributed by atoms with Gasteiger partial charge in [0.1, 0.15) is 11.3 Å². The summed E-state index contributed by atoms with van der Waals surface area (Å²) in [6.07, 6.45) is 7.19. The Morgan fingerprint density at radius 3 is 2.70 bits per heavy atom. The lowest BCUT2D eigenvalue weighted by atomic mass is 9.74. The molecule has 27 heavy (non-hydrogen) atoms. The van der Waals surface area contributed by atoms with E-state index in [2.05, 4.69) is 22.3 Å². The number of hydroxylamine groups is 1. The molecule has 5 heteroatoms. The Labute approximate surface area is 164 Å². The van der Waals surface area contributed by atoms with Crippen LogP contribution in [0.3, 0.4) is 0 Å². The lowest BCUT2D eigenvalue weighted by Gasteiger charge is -2.39. The quantitative estimate of drug-likeness (QED) is 0.778. The van der Waals surface area contributed by atoms with E-state index in [1.165, 1.54) is 0 Å². The Balaban J connectivity index is 1.41. The number of nitrogens with zero attached hydrogens (tertiary/aromatic N) is 1. The smallest absolute Gasteiger partial charge is 0.117 e. The molecule has 4 nitrogen and oxygen atoms in total. The maximum Gasteiger partial charge on any atom is 0.117 e. The first-order valence-electron chi connectivity index (χ1n) is 9.11. The van der Waals surface area contributed by atoms with Gasteiger partial charge >= 0.3 is 0 Å². The van der Waals surface area contributed by atoms with Gasteiger partial charge in [-0.25, -0.2) is 0 Å². The van der Waals surface area contributed by atoms with Crippen molar-refractivity contribution < 1.29 is 9.94 Å². The van der Waals surface area contributed by atoms with E-state index in [4.69, 9.17) is 16.4 Å². The van der Waals surface area contributed by atoms with Crippen LogP contribution in [0.4, 0.5) is 0 Å². The lowest BCUT2D eigenvalue weighted by Crippen LogP contribution is -2.44. The Hall–Kier alpha value is -2.32. The van der Waals surface area contributed by atoms with Crippen LogP contribution in [0, 0.1) is 11.8 Å². The highest BCUT2D eigenvalue weighted by Gasteiger charge is 2.44. The van der Waals surface area contributed by atoms with Gasteiger partial charge in [-0.15, -0.1) is 0 Å². The topological polar surface area (TPSA) is 54.4 Å². The van der Waals surface area contributed by atoms with Crippen molar-refractivity contribution in [2.75, 3.05) is 0 Å². The molecule has 1 aromatic heterocycles. The summed E-state index contributed by atoms with van der Waals surface area (Å²) in [5.41, 5.74) is 4.35. The van der Waals surface area contributed by atoms with Crippen LogP contribution in [-0.2, 0) is 11.3 Å². The summed E-state index contributed by atoms with van der Waals surface area (Å²) in [6.45, 7) is 0. The normalized spacial score (nSPS) is 26.8. The molecule has 1 saturated carbocycles. The van der Waals surface area contributed by atoms with Gasteiger partial charge in [0, 0.05) is 28.9 Å². The highest BCUT2D eigenvalue weighted by atomic mass is 35.5. The van der Waals surface area contributed by atoms with Gasteiger partial charge in [-0.3, -0.25) is 15.3 Å². The number of hydrogen-bond donors (Lipinski definition) is 2. The van der Waals surface area contributed by atoms with Gasteiger partial charge in [-0.2, -0.15) is 0 Å². The summed E-state index contributed by atoms with van der Waals surface area (Å²) in [7, 11) is 0. The number of nitrogens with one attached hydrogen (secondary N) is 1. The van der Waals surface area contributed by atoms with Crippen molar-refractivity contribution in [2.45, 2.75) is 43.3 Å². The zero-order valence-electron chi connectivity index (χ0n) is 14.9. The van der Waals surface area contributed by atoms with Crippen molar-refractivity contribution in [1.82, 2.24) is 10.5 Å². The second-order valence-corrected chi connectivity index (χ2v) is 7.75. The summed E-state index contributed by atoms with van der Waals surface area (Å²) >= 11 is 5.99. The predicted molar refractivity (Wildman–Crippen MR) is 105 cm³/mol. The van der Waals surface area contributed by atoms with E-state index in [1.807, 2.05) is 48.5 Å². The van der Waals surface area contributed by atoms with Gasteiger partial charge in [0.05, 0.1) is 5.60 Å². The van der Waals surface area contributed by atoms with Gasteiger partial charge in [-0.1, -0.05) is 29.7 Å². The summed E-state index contributed by atoms with van der Waals surface area (Å²) in [4.78, 5) is 10.2. The molecule has 2 aliphatic rings. The van der Waals surface area contributed by atoms with Crippen molar-refractivity contribution in [2.24, 2.45) is 0 Å². The average Bonchev–Trinajstić information content (AvgIpc) is 3.07. The zero-order valence-corrected chi connectivity index (χ0v) is 15.7. The molecule has 2 N–H and O–H groups in total. The number of aliphatic hydroxyl groups is 1.